The van der Waals surface area contributed by atoms with Gasteiger partial charge in [-0.3, -0.25) is 9.10 Å². The van der Waals surface area contributed by atoms with E-state index in [9.17, 15) is 26.4 Å². The van der Waals surface area contributed by atoms with Gasteiger partial charge in [0.05, 0.1) is 11.9 Å². The number of sulfonamides is 1. The van der Waals surface area contributed by atoms with Crippen molar-refractivity contribution in [2.45, 2.75) is 19.9 Å². The van der Waals surface area contributed by atoms with Crippen LogP contribution in [-0.4, -0.2) is 33.2 Å². The number of halogens is 3. The number of carbonyl (C=O) groups excluding carboxylic acids is 1. The molecule has 1 aromatic rings. The average Bonchev–Trinajstić information content (AvgIpc) is 2.32. The molecule has 0 heterocycles. The summed E-state index contributed by atoms with van der Waals surface area (Å²) in [5, 5.41) is 2.43. The fourth-order valence-electron chi connectivity index (χ4n) is 1.59. The second-order valence-corrected chi connectivity index (χ2v) is 6.59. The molecule has 0 unspecified atom stereocenters. The van der Waals surface area contributed by atoms with Gasteiger partial charge in [0.1, 0.15) is 6.54 Å². The van der Waals surface area contributed by atoms with Crippen LogP contribution in [0, 0.1) is 17.5 Å². The number of rotatable bonds is 5. The van der Waals surface area contributed by atoms with Crippen LogP contribution >= 0.6 is 0 Å². The first-order chi connectivity index (χ1) is 9.54. The van der Waals surface area contributed by atoms with Crippen molar-refractivity contribution >= 4 is 21.6 Å². The van der Waals surface area contributed by atoms with Crippen LogP contribution in [0.1, 0.15) is 13.8 Å². The van der Waals surface area contributed by atoms with Gasteiger partial charge in [0.15, 0.2) is 17.5 Å². The third-order valence-corrected chi connectivity index (χ3v) is 3.55. The zero-order valence-electron chi connectivity index (χ0n) is 11.7. The minimum absolute atomic E-state index is 0.256. The second-order valence-electron chi connectivity index (χ2n) is 4.69. The average molecular weight is 324 g/mol. The van der Waals surface area contributed by atoms with Gasteiger partial charge < -0.3 is 5.32 Å². The smallest absolute Gasteiger partial charge is 0.240 e. The van der Waals surface area contributed by atoms with E-state index in [0.717, 1.165) is 12.3 Å². The van der Waals surface area contributed by atoms with Gasteiger partial charge in [0.2, 0.25) is 15.9 Å². The summed E-state index contributed by atoms with van der Waals surface area (Å²) < 4.78 is 63.5. The van der Waals surface area contributed by atoms with Gasteiger partial charge in [-0.15, -0.1) is 0 Å². The van der Waals surface area contributed by atoms with Gasteiger partial charge >= 0.3 is 0 Å². The maximum Gasteiger partial charge on any atom is 0.240 e. The lowest BCUT2D eigenvalue weighted by atomic mass is 10.2. The van der Waals surface area contributed by atoms with Gasteiger partial charge in [0, 0.05) is 6.04 Å². The van der Waals surface area contributed by atoms with Gasteiger partial charge in [-0.25, -0.2) is 21.6 Å². The van der Waals surface area contributed by atoms with Crippen LogP contribution in [0.5, 0.6) is 0 Å². The summed E-state index contributed by atoms with van der Waals surface area (Å²) in [4.78, 5) is 11.6. The van der Waals surface area contributed by atoms with Crippen LogP contribution in [0.25, 0.3) is 0 Å². The summed E-state index contributed by atoms with van der Waals surface area (Å²) >= 11 is 0. The maximum atomic E-state index is 13.7. The Kier molecular flexibility index (Phi) is 5.21. The van der Waals surface area contributed by atoms with Crippen molar-refractivity contribution in [3.05, 3.63) is 29.6 Å². The summed E-state index contributed by atoms with van der Waals surface area (Å²) in [5.41, 5.74) is -0.727. The van der Waals surface area contributed by atoms with Gasteiger partial charge in [0.25, 0.3) is 0 Å². The number of carbonyl (C=O) groups is 1. The zero-order chi connectivity index (χ0) is 16.4. The predicted octanol–water partition coefficient (Wildman–Crippen LogP) is 1.39. The van der Waals surface area contributed by atoms with Gasteiger partial charge in [-0.1, -0.05) is 0 Å². The zero-order valence-corrected chi connectivity index (χ0v) is 12.5. The number of anilines is 1. The minimum Gasteiger partial charge on any atom is -0.352 e. The molecule has 0 atom stereocenters. The lowest BCUT2D eigenvalue weighted by Gasteiger charge is -2.23. The number of nitrogens with one attached hydrogen (secondary N) is 1. The van der Waals surface area contributed by atoms with Crippen LogP contribution in [-0.2, 0) is 14.8 Å². The van der Waals surface area contributed by atoms with E-state index in [-0.39, 0.29) is 6.04 Å². The molecule has 0 radical (unpaired) electrons. The van der Waals surface area contributed by atoms with Gasteiger partial charge in [-0.2, -0.15) is 0 Å². The highest BCUT2D eigenvalue weighted by Crippen LogP contribution is 2.25. The molecular formula is C12H15F3N2O3S. The molecule has 118 valence electrons. The van der Waals surface area contributed by atoms with Crippen LogP contribution in [0.3, 0.4) is 0 Å². The summed E-state index contributed by atoms with van der Waals surface area (Å²) in [7, 11) is -4.06. The Morgan fingerprint density at radius 3 is 2.29 bits per heavy atom. The third kappa shape index (κ3) is 4.35. The third-order valence-electron chi connectivity index (χ3n) is 2.42. The lowest BCUT2D eigenvalue weighted by Crippen LogP contribution is -2.43. The van der Waals surface area contributed by atoms with Crippen molar-refractivity contribution in [1.82, 2.24) is 5.32 Å². The molecule has 21 heavy (non-hydrogen) atoms. The fourth-order valence-corrected chi connectivity index (χ4v) is 2.44. The first-order valence-corrected chi connectivity index (χ1v) is 7.79. The van der Waals surface area contributed by atoms with Crippen molar-refractivity contribution in [2.24, 2.45) is 0 Å². The highest BCUT2D eigenvalue weighted by atomic mass is 32.2. The summed E-state index contributed by atoms with van der Waals surface area (Å²) in [5.74, 6) is -5.61. The number of hydrogen-bond donors (Lipinski definition) is 1. The highest BCUT2D eigenvalue weighted by molar-refractivity contribution is 7.92. The Hall–Kier alpha value is -1.77. The number of hydrogen-bond acceptors (Lipinski definition) is 3. The summed E-state index contributed by atoms with van der Waals surface area (Å²) in [6.07, 6.45) is 0.732. The number of benzene rings is 1. The maximum absolute atomic E-state index is 13.7. The van der Waals surface area contributed by atoms with Crippen molar-refractivity contribution in [3.63, 3.8) is 0 Å². The Balaban J connectivity index is 3.23. The molecule has 9 heteroatoms. The van der Waals surface area contributed by atoms with E-state index in [1.165, 1.54) is 0 Å². The Morgan fingerprint density at radius 1 is 1.24 bits per heavy atom. The standard InChI is InChI=1S/C12H15F3N2O3S/c1-7(2)16-10(18)6-17(21(3,19)20)9-5-4-8(13)11(14)12(9)15/h4-5,7H,6H2,1-3H3,(H,16,18). The second kappa shape index (κ2) is 6.33. The molecule has 0 saturated heterocycles. The molecule has 1 amide bonds. The largest absolute Gasteiger partial charge is 0.352 e. The van der Waals surface area contributed by atoms with E-state index in [0.29, 0.717) is 10.4 Å². The molecule has 0 bridgehead atoms. The van der Waals surface area contributed by atoms with Crippen LogP contribution < -0.4 is 9.62 Å². The van der Waals surface area contributed by atoms with Crippen LogP contribution in [0.2, 0.25) is 0 Å². The monoisotopic (exact) mass is 324 g/mol. The quantitative estimate of drug-likeness (QED) is 0.833. The molecule has 1 rings (SSSR count). The Morgan fingerprint density at radius 2 is 1.81 bits per heavy atom. The molecule has 1 N–H and O–H groups in total. The normalized spacial score (nSPS) is 11.6. The molecule has 0 aliphatic heterocycles. The van der Waals surface area contributed by atoms with E-state index in [1.54, 1.807) is 13.8 Å². The lowest BCUT2D eigenvalue weighted by molar-refractivity contribution is -0.120. The molecule has 0 aliphatic carbocycles. The first kappa shape index (κ1) is 17.3. The SMILES string of the molecule is CC(C)NC(=O)CN(c1ccc(F)c(F)c1F)S(C)(=O)=O. The Bertz CT molecular complexity index is 647. The van der Waals surface area contributed by atoms with Crippen molar-refractivity contribution in [3.8, 4) is 0 Å². The fraction of sp³-hybridized carbons (Fsp3) is 0.417. The van der Waals surface area contributed by atoms with Crippen molar-refractivity contribution in [1.29, 1.82) is 0 Å². The Labute approximate surface area is 120 Å². The number of nitrogens with zero attached hydrogens (tertiary/aromatic N) is 1. The molecule has 0 fully saturated rings. The highest BCUT2D eigenvalue weighted by Gasteiger charge is 2.26. The first-order valence-electron chi connectivity index (χ1n) is 5.94. The topological polar surface area (TPSA) is 66.5 Å². The summed E-state index contributed by atoms with van der Waals surface area (Å²) in [6, 6.07) is 1.10. The van der Waals surface area contributed by atoms with E-state index in [2.05, 4.69) is 5.32 Å². The molecule has 0 spiro atoms. The van der Waals surface area contributed by atoms with Crippen LogP contribution in [0.4, 0.5) is 18.9 Å². The van der Waals surface area contributed by atoms with E-state index < -0.39 is 45.6 Å². The number of amides is 1. The van der Waals surface area contributed by atoms with Crippen molar-refractivity contribution in [2.75, 3.05) is 17.1 Å². The molecule has 5 nitrogen and oxygen atoms in total. The molecule has 0 aromatic heterocycles. The predicted molar refractivity (Wildman–Crippen MR) is 71.8 cm³/mol. The van der Waals surface area contributed by atoms with E-state index in [1.807, 2.05) is 0 Å². The summed E-state index contributed by atoms with van der Waals surface area (Å²) in [6.45, 7) is 2.57. The van der Waals surface area contributed by atoms with Crippen LogP contribution in [0.15, 0.2) is 12.1 Å². The molecule has 1 aromatic carbocycles. The minimum atomic E-state index is -4.06. The van der Waals surface area contributed by atoms with Crippen molar-refractivity contribution < 1.29 is 26.4 Å². The van der Waals surface area contributed by atoms with E-state index in [4.69, 9.17) is 0 Å². The van der Waals surface area contributed by atoms with E-state index >= 15 is 0 Å². The molecule has 0 saturated carbocycles. The molecular weight excluding hydrogens is 309 g/mol. The van der Waals surface area contributed by atoms with Gasteiger partial charge in [-0.05, 0) is 26.0 Å². The molecule has 0 aliphatic rings.